The summed E-state index contributed by atoms with van der Waals surface area (Å²) in [6.07, 6.45) is 0. The van der Waals surface area contributed by atoms with Crippen LogP contribution in [-0.2, 0) is 0 Å². The second-order valence-electron chi connectivity index (χ2n) is 6.07. The first-order valence-corrected chi connectivity index (χ1v) is 6.38. The van der Waals surface area contributed by atoms with E-state index in [9.17, 15) is 0 Å². The molecule has 0 aliphatic rings. The third kappa shape index (κ3) is 5.73. The van der Waals surface area contributed by atoms with Crippen LogP contribution in [0.1, 0.15) is 27.7 Å². The predicted molar refractivity (Wildman–Crippen MR) is 76.5 cm³/mol. The number of hydrogen-bond acceptors (Lipinski definition) is 2. The number of para-hydroxylation sites is 1. The van der Waals surface area contributed by atoms with Crippen molar-refractivity contribution >= 4 is 5.69 Å². The highest BCUT2D eigenvalue weighted by Gasteiger charge is 2.17. The molecule has 17 heavy (non-hydrogen) atoms. The van der Waals surface area contributed by atoms with Crippen molar-refractivity contribution < 1.29 is 0 Å². The first-order chi connectivity index (χ1) is 7.88. The molecule has 0 spiro atoms. The Bertz CT molecular complexity index is 313. The molecule has 96 valence electrons. The van der Waals surface area contributed by atoms with Crippen LogP contribution in [-0.4, -0.2) is 31.1 Å². The molecule has 0 saturated heterocycles. The fourth-order valence-electron chi connectivity index (χ4n) is 1.88. The van der Waals surface area contributed by atoms with Crippen molar-refractivity contribution in [2.75, 3.05) is 25.5 Å². The Morgan fingerprint density at radius 2 is 1.76 bits per heavy atom. The van der Waals surface area contributed by atoms with Crippen LogP contribution in [0.3, 0.4) is 0 Å². The minimum atomic E-state index is 0.357. The Balaban J connectivity index is 2.37. The molecule has 1 aromatic rings. The molecular formula is C15H26N2. The van der Waals surface area contributed by atoms with Gasteiger partial charge in [-0.2, -0.15) is 0 Å². The maximum atomic E-state index is 3.47. The van der Waals surface area contributed by atoms with Crippen LogP contribution in [0, 0.1) is 5.41 Å². The van der Waals surface area contributed by atoms with Gasteiger partial charge in [0.25, 0.3) is 0 Å². The minimum Gasteiger partial charge on any atom is -0.383 e. The fourth-order valence-corrected chi connectivity index (χ4v) is 1.88. The van der Waals surface area contributed by atoms with Crippen LogP contribution in [0.25, 0.3) is 0 Å². The van der Waals surface area contributed by atoms with Crippen LogP contribution < -0.4 is 5.32 Å². The quantitative estimate of drug-likeness (QED) is 0.839. The molecule has 0 radical (unpaired) electrons. The number of benzene rings is 1. The molecule has 0 aromatic heterocycles. The molecule has 2 heteroatoms. The van der Waals surface area contributed by atoms with E-state index in [0.29, 0.717) is 11.5 Å². The van der Waals surface area contributed by atoms with Gasteiger partial charge in [0.2, 0.25) is 0 Å². The molecule has 0 fully saturated rings. The van der Waals surface area contributed by atoms with Crippen molar-refractivity contribution in [3.8, 4) is 0 Å². The van der Waals surface area contributed by atoms with Gasteiger partial charge in [0.15, 0.2) is 0 Å². The molecule has 0 heterocycles. The number of nitrogens with one attached hydrogen (secondary N) is 1. The molecule has 1 rings (SSSR count). The zero-order valence-corrected chi connectivity index (χ0v) is 11.8. The largest absolute Gasteiger partial charge is 0.383 e. The molecular weight excluding hydrogens is 208 g/mol. The summed E-state index contributed by atoms with van der Waals surface area (Å²) in [6.45, 7) is 11.2. The van der Waals surface area contributed by atoms with Gasteiger partial charge in [-0.15, -0.1) is 0 Å². The van der Waals surface area contributed by atoms with Gasteiger partial charge in [0.05, 0.1) is 0 Å². The third-order valence-electron chi connectivity index (χ3n) is 2.85. The van der Waals surface area contributed by atoms with Crippen molar-refractivity contribution in [2.24, 2.45) is 5.41 Å². The van der Waals surface area contributed by atoms with Crippen molar-refractivity contribution in [2.45, 2.75) is 33.7 Å². The van der Waals surface area contributed by atoms with Gasteiger partial charge < -0.3 is 10.2 Å². The zero-order valence-electron chi connectivity index (χ0n) is 11.8. The van der Waals surface area contributed by atoms with Gasteiger partial charge in [0, 0.05) is 24.8 Å². The van der Waals surface area contributed by atoms with E-state index in [2.05, 4.69) is 69.2 Å². The summed E-state index contributed by atoms with van der Waals surface area (Å²) in [7, 11) is 2.20. The van der Waals surface area contributed by atoms with E-state index < -0.39 is 0 Å². The summed E-state index contributed by atoms with van der Waals surface area (Å²) in [5, 5.41) is 3.47. The summed E-state index contributed by atoms with van der Waals surface area (Å²) in [4.78, 5) is 2.41. The Morgan fingerprint density at radius 3 is 2.29 bits per heavy atom. The lowest BCUT2D eigenvalue weighted by Gasteiger charge is -2.31. The summed E-state index contributed by atoms with van der Waals surface area (Å²) in [5.41, 5.74) is 1.55. The summed E-state index contributed by atoms with van der Waals surface area (Å²) in [6, 6.07) is 10.9. The van der Waals surface area contributed by atoms with E-state index in [4.69, 9.17) is 0 Å². The maximum absolute atomic E-state index is 3.47. The molecule has 1 aromatic carbocycles. The van der Waals surface area contributed by atoms with E-state index in [1.165, 1.54) is 5.69 Å². The molecule has 1 N–H and O–H groups in total. The van der Waals surface area contributed by atoms with Crippen molar-refractivity contribution in [3.63, 3.8) is 0 Å². The highest BCUT2D eigenvalue weighted by atomic mass is 15.1. The van der Waals surface area contributed by atoms with Crippen LogP contribution in [0.5, 0.6) is 0 Å². The summed E-state index contributed by atoms with van der Waals surface area (Å²) < 4.78 is 0. The van der Waals surface area contributed by atoms with Gasteiger partial charge in [0.1, 0.15) is 0 Å². The highest BCUT2D eigenvalue weighted by Crippen LogP contribution is 2.16. The van der Waals surface area contributed by atoms with Crippen molar-refractivity contribution in [1.82, 2.24) is 4.90 Å². The zero-order chi connectivity index (χ0) is 12.9. The van der Waals surface area contributed by atoms with Gasteiger partial charge >= 0.3 is 0 Å². The third-order valence-corrected chi connectivity index (χ3v) is 2.85. The second kappa shape index (κ2) is 6.06. The Morgan fingerprint density at radius 1 is 1.18 bits per heavy atom. The lowest BCUT2D eigenvalue weighted by molar-refractivity contribution is 0.187. The molecule has 2 nitrogen and oxygen atoms in total. The number of rotatable bonds is 5. The standard InChI is InChI=1S/C15H26N2/c1-13(17(5)12-15(2,3)4)11-16-14-9-7-6-8-10-14/h6-10,13,16H,11-12H2,1-5H3. The van der Waals surface area contributed by atoms with Gasteiger partial charge in [-0.1, -0.05) is 39.0 Å². The van der Waals surface area contributed by atoms with E-state index in [-0.39, 0.29) is 0 Å². The highest BCUT2D eigenvalue weighted by molar-refractivity contribution is 5.42. The minimum absolute atomic E-state index is 0.357. The molecule has 0 bridgehead atoms. The first kappa shape index (κ1) is 14.0. The van der Waals surface area contributed by atoms with E-state index in [1.54, 1.807) is 0 Å². The van der Waals surface area contributed by atoms with Crippen LogP contribution >= 0.6 is 0 Å². The topological polar surface area (TPSA) is 15.3 Å². The molecule has 0 amide bonds. The lowest BCUT2D eigenvalue weighted by Crippen LogP contribution is -2.39. The van der Waals surface area contributed by atoms with Crippen molar-refractivity contribution in [3.05, 3.63) is 30.3 Å². The SMILES string of the molecule is CC(CNc1ccccc1)N(C)CC(C)(C)C. The van der Waals surface area contributed by atoms with Crippen molar-refractivity contribution in [1.29, 1.82) is 0 Å². The number of hydrogen-bond donors (Lipinski definition) is 1. The average molecular weight is 234 g/mol. The Labute approximate surface area is 106 Å². The monoisotopic (exact) mass is 234 g/mol. The van der Waals surface area contributed by atoms with Gasteiger partial charge in [-0.25, -0.2) is 0 Å². The maximum Gasteiger partial charge on any atom is 0.0340 e. The lowest BCUT2D eigenvalue weighted by atomic mass is 9.95. The molecule has 1 atom stereocenters. The van der Waals surface area contributed by atoms with E-state index in [0.717, 1.165) is 13.1 Å². The van der Waals surface area contributed by atoms with Crippen LogP contribution in [0.4, 0.5) is 5.69 Å². The van der Waals surface area contributed by atoms with Gasteiger partial charge in [-0.05, 0) is 31.5 Å². The number of likely N-dealkylation sites (N-methyl/N-ethyl adjacent to an activating group) is 1. The fraction of sp³-hybridized carbons (Fsp3) is 0.600. The van der Waals surface area contributed by atoms with E-state index in [1.807, 2.05) is 6.07 Å². The Kier molecular flexibility index (Phi) is 5.01. The number of anilines is 1. The summed E-state index contributed by atoms with van der Waals surface area (Å²) >= 11 is 0. The molecule has 0 saturated carbocycles. The smallest absolute Gasteiger partial charge is 0.0340 e. The average Bonchev–Trinajstić information content (AvgIpc) is 2.25. The van der Waals surface area contributed by atoms with E-state index >= 15 is 0 Å². The molecule has 0 aliphatic carbocycles. The molecule has 0 aliphatic heterocycles. The summed E-state index contributed by atoms with van der Waals surface area (Å²) in [5.74, 6) is 0. The molecule has 1 unspecified atom stereocenters. The normalized spacial score (nSPS) is 13.8. The Hall–Kier alpha value is -1.02. The van der Waals surface area contributed by atoms with Crippen LogP contribution in [0.15, 0.2) is 30.3 Å². The van der Waals surface area contributed by atoms with Gasteiger partial charge in [-0.3, -0.25) is 0 Å². The predicted octanol–water partition coefficient (Wildman–Crippen LogP) is 3.46. The first-order valence-electron chi connectivity index (χ1n) is 6.38. The number of nitrogens with zero attached hydrogens (tertiary/aromatic N) is 1. The second-order valence-corrected chi connectivity index (χ2v) is 6.07. The van der Waals surface area contributed by atoms with Crippen LogP contribution in [0.2, 0.25) is 0 Å².